The summed E-state index contributed by atoms with van der Waals surface area (Å²) in [5.41, 5.74) is 4.35. The van der Waals surface area contributed by atoms with Crippen LogP contribution in [0.25, 0.3) is 5.52 Å². The maximum Gasteiger partial charge on any atom is 0.359 e. The van der Waals surface area contributed by atoms with E-state index >= 15 is 0 Å². The number of aromatic nitrogens is 2. The van der Waals surface area contributed by atoms with E-state index in [1.54, 1.807) is 10.6 Å². The Balaban J connectivity index is 1.69. The first-order valence-corrected chi connectivity index (χ1v) is 7.88. The van der Waals surface area contributed by atoms with Crippen molar-refractivity contribution in [2.45, 2.75) is 20.1 Å². The standard InChI is InChI=1S/C19H21N3O2/c1-14-6-4-9-17-11-18(20-22(14)17)19(23)24-13-16-8-5-7-15(10-16)12-21(2)3/h4-11H,12-13H2,1-3H3. The molecule has 0 fully saturated rings. The molecule has 0 aliphatic heterocycles. The summed E-state index contributed by atoms with van der Waals surface area (Å²) in [4.78, 5) is 14.4. The summed E-state index contributed by atoms with van der Waals surface area (Å²) in [6.45, 7) is 3.05. The van der Waals surface area contributed by atoms with Crippen molar-refractivity contribution in [3.8, 4) is 0 Å². The number of carbonyl (C=O) groups excluding carboxylic acids is 1. The van der Waals surface area contributed by atoms with Crippen LogP contribution >= 0.6 is 0 Å². The smallest absolute Gasteiger partial charge is 0.359 e. The molecule has 1 aromatic carbocycles. The van der Waals surface area contributed by atoms with Gasteiger partial charge in [-0.3, -0.25) is 0 Å². The molecule has 2 heterocycles. The van der Waals surface area contributed by atoms with Crippen molar-refractivity contribution in [1.29, 1.82) is 0 Å². The molecule has 5 nitrogen and oxygen atoms in total. The van der Waals surface area contributed by atoms with E-state index in [0.717, 1.165) is 23.3 Å². The maximum absolute atomic E-state index is 12.3. The normalized spacial score (nSPS) is 11.2. The van der Waals surface area contributed by atoms with Crippen LogP contribution in [-0.2, 0) is 17.9 Å². The van der Waals surface area contributed by atoms with Gasteiger partial charge in [-0.1, -0.05) is 30.3 Å². The van der Waals surface area contributed by atoms with Gasteiger partial charge in [-0.05, 0) is 50.3 Å². The molecule has 0 aliphatic rings. The van der Waals surface area contributed by atoms with Crippen LogP contribution in [0.1, 0.15) is 27.3 Å². The number of benzene rings is 1. The van der Waals surface area contributed by atoms with Gasteiger partial charge in [-0.15, -0.1) is 0 Å². The van der Waals surface area contributed by atoms with E-state index in [1.807, 2.05) is 51.4 Å². The second kappa shape index (κ2) is 6.84. The number of rotatable bonds is 5. The molecule has 0 bridgehead atoms. The summed E-state index contributed by atoms with van der Waals surface area (Å²) >= 11 is 0. The van der Waals surface area contributed by atoms with Gasteiger partial charge >= 0.3 is 5.97 Å². The first-order chi connectivity index (χ1) is 11.5. The van der Waals surface area contributed by atoms with Gasteiger partial charge in [0, 0.05) is 12.2 Å². The van der Waals surface area contributed by atoms with Gasteiger partial charge in [0.15, 0.2) is 5.69 Å². The Morgan fingerprint density at radius 3 is 2.62 bits per heavy atom. The van der Waals surface area contributed by atoms with Gasteiger partial charge in [0.25, 0.3) is 0 Å². The minimum absolute atomic E-state index is 0.243. The van der Waals surface area contributed by atoms with Crippen molar-refractivity contribution in [2.24, 2.45) is 0 Å². The van der Waals surface area contributed by atoms with Gasteiger partial charge in [0.05, 0.1) is 5.52 Å². The Kier molecular flexibility index (Phi) is 4.62. The number of fused-ring (bicyclic) bond motifs is 1. The molecule has 0 atom stereocenters. The number of aryl methyl sites for hydroxylation is 1. The molecule has 5 heteroatoms. The maximum atomic E-state index is 12.3. The monoisotopic (exact) mass is 323 g/mol. The first-order valence-electron chi connectivity index (χ1n) is 7.88. The number of nitrogens with zero attached hydrogens (tertiary/aromatic N) is 3. The second-order valence-corrected chi connectivity index (χ2v) is 6.17. The van der Waals surface area contributed by atoms with Gasteiger partial charge in [-0.2, -0.15) is 5.10 Å². The molecule has 124 valence electrons. The number of esters is 1. The van der Waals surface area contributed by atoms with E-state index in [4.69, 9.17) is 4.74 Å². The third-order valence-corrected chi connectivity index (χ3v) is 3.74. The fourth-order valence-electron chi connectivity index (χ4n) is 2.66. The molecule has 24 heavy (non-hydrogen) atoms. The summed E-state index contributed by atoms with van der Waals surface area (Å²) in [6.07, 6.45) is 0. The van der Waals surface area contributed by atoms with E-state index in [-0.39, 0.29) is 6.61 Å². The molecule has 0 amide bonds. The van der Waals surface area contributed by atoms with E-state index in [2.05, 4.69) is 22.1 Å². The zero-order chi connectivity index (χ0) is 17.1. The lowest BCUT2D eigenvalue weighted by atomic mass is 10.1. The Morgan fingerprint density at radius 1 is 1.12 bits per heavy atom. The van der Waals surface area contributed by atoms with Gasteiger partial charge < -0.3 is 9.64 Å². The number of hydrogen-bond acceptors (Lipinski definition) is 4. The molecule has 0 spiro atoms. The zero-order valence-corrected chi connectivity index (χ0v) is 14.2. The lowest BCUT2D eigenvalue weighted by Crippen LogP contribution is -2.11. The number of ether oxygens (including phenoxy) is 1. The first kappa shape index (κ1) is 16.2. The summed E-state index contributed by atoms with van der Waals surface area (Å²) in [7, 11) is 4.05. The topological polar surface area (TPSA) is 46.8 Å². The highest BCUT2D eigenvalue weighted by molar-refractivity contribution is 5.88. The van der Waals surface area contributed by atoms with Crippen LogP contribution in [0.4, 0.5) is 0 Å². The van der Waals surface area contributed by atoms with Crippen LogP contribution < -0.4 is 0 Å². The molecule has 3 aromatic rings. The zero-order valence-electron chi connectivity index (χ0n) is 14.2. The molecule has 2 aromatic heterocycles. The third-order valence-electron chi connectivity index (χ3n) is 3.74. The Labute approximate surface area is 141 Å². The van der Waals surface area contributed by atoms with Gasteiger partial charge in [-0.25, -0.2) is 9.31 Å². The molecular weight excluding hydrogens is 302 g/mol. The molecule has 0 radical (unpaired) electrons. The predicted octanol–water partition coefficient (Wildman–Crippen LogP) is 3.06. The Morgan fingerprint density at radius 2 is 1.88 bits per heavy atom. The summed E-state index contributed by atoms with van der Waals surface area (Å²) in [6, 6.07) is 15.6. The summed E-state index contributed by atoms with van der Waals surface area (Å²) in [5, 5.41) is 4.32. The van der Waals surface area contributed by atoms with Crippen LogP contribution in [0.15, 0.2) is 48.5 Å². The molecule has 0 N–H and O–H groups in total. The molecule has 0 saturated heterocycles. The fourth-order valence-corrected chi connectivity index (χ4v) is 2.66. The Hall–Kier alpha value is -2.66. The highest BCUT2D eigenvalue weighted by atomic mass is 16.5. The lowest BCUT2D eigenvalue weighted by molar-refractivity contribution is 0.0465. The highest BCUT2D eigenvalue weighted by Gasteiger charge is 2.13. The average molecular weight is 323 g/mol. The number of pyridine rings is 1. The average Bonchev–Trinajstić information content (AvgIpc) is 2.98. The van der Waals surface area contributed by atoms with Crippen molar-refractivity contribution >= 4 is 11.5 Å². The van der Waals surface area contributed by atoms with Gasteiger partial charge in [0.2, 0.25) is 0 Å². The predicted molar refractivity (Wildman–Crippen MR) is 92.9 cm³/mol. The van der Waals surface area contributed by atoms with Gasteiger partial charge in [0.1, 0.15) is 6.61 Å². The molecule has 3 rings (SSSR count). The SMILES string of the molecule is Cc1cccc2cc(C(=O)OCc3cccc(CN(C)C)c3)nn12. The molecule has 0 unspecified atom stereocenters. The molecule has 0 aliphatic carbocycles. The van der Waals surface area contributed by atoms with E-state index < -0.39 is 5.97 Å². The largest absolute Gasteiger partial charge is 0.456 e. The number of hydrogen-bond donors (Lipinski definition) is 0. The van der Waals surface area contributed by atoms with E-state index in [0.29, 0.717) is 5.69 Å². The van der Waals surface area contributed by atoms with Crippen LogP contribution in [0.5, 0.6) is 0 Å². The molecular formula is C19H21N3O2. The van der Waals surface area contributed by atoms with Crippen molar-refractivity contribution in [3.05, 3.63) is 71.0 Å². The Bertz CT molecular complexity index is 868. The number of carbonyl (C=O) groups is 1. The summed E-state index contributed by atoms with van der Waals surface area (Å²) in [5.74, 6) is -0.406. The van der Waals surface area contributed by atoms with Crippen molar-refractivity contribution in [3.63, 3.8) is 0 Å². The van der Waals surface area contributed by atoms with Crippen molar-refractivity contribution in [1.82, 2.24) is 14.5 Å². The van der Waals surface area contributed by atoms with Crippen LogP contribution in [0.2, 0.25) is 0 Å². The van der Waals surface area contributed by atoms with Crippen LogP contribution in [0, 0.1) is 6.92 Å². The van der Waals surface area contributed by atoms with Crippen molar-refractivity contribution < 1.29 is 9.53 Å². The minimum Gasteiger partial charge on any atom is -0.456 e. The van der Waals surface area contributed by atoms with E-state index in [1.165, 1.54) is 5.56 Å². The van der Waals surface area contributed by atoms with Crippen LogP contribution in [0.3, 0.4) is 0 Å². The molecule has 0 saturated carbocycles. The second-order valence-electron chi connectivity index (χ2n) is 6.17. The quantitative estimate of drug-likeness (QED) is 0.677. The summed E-state index contributed by atoms with van der Waals surface area (Å²) < 4.78 is 7.16. The fraction of sp³-hybridized carbons (Fsp3) is 0.263. The third kappa shape index (κ3) is 3.63. The highest BCUT2D eigenvalue weighted by Crippen LogP contribution is 2.12. The minimum atomic E-state index is -0.406. The van der Waals surface area contributed by atoms with Crippen molar-refractivity contribution in [2.75, 3.05) is 14.1 Å². The van der Waals surface area contributed by atoms with Crippen LogP contribution in [-0.4, -0.2) is 34.6 Å². The lowest BCUT2D eigenvalue weighted by Gasteiger charge is -2.11. The van der Waals surface area contributed by atoms with E-state index in [9.17, 15) is 4.79 Å².